The van der Waals surface area contributed by atoms with Gasteiger partial charge in [-0.1, -0.05) is 22.0 Å². The molecule has 8 heteroatoms. The van der Waals surface area contributed by atoms with Gasteiger partial charge in [0.15, 0.2) is 0 Å². The van der Waals surface area contributed by atoms with E-state index in [1.165, 1.54) is 0 Å². The van der Waals surface area contributed by atoms with E-state index in [2.05, 4.69) is 41.8 Å². The first-order valence-electron chi connectivity index (χ1n) is 9.08. The van der Waals surface area contributed by atoms with Gasteiger partial charge in [-0.25, -0.2) is 4.98 Å². The van der Waals surface area contributed by atoms with E-state index in [0.717, 1.165) is 21.6 Å². The third-order valence-corrected chi connectivity index (χ3v) is 4.49. The van der Waals surface area contributed by atoms with Crippen LogP contribution in [-0.2, 0) is 0 Å². The number of carbonyl (C=O) groups is 1. The highest BCUT2D eigenvalue weighted by atomic mass is 79.9. The van der Waals surface area contributed by atoms with Gasteiger partial charge < -0.3 is 20.7 Å². The van der Waals surface area contributed by atoms with Crippen molar-refractivity contribution in [3.63, 3.8) is 0 Å². The summed E-state index contributed by atoms with van der Waals surface area (Å²) in [5.41, 5.74) is 2.34. The largest absolute Gasteiger partial charge is 0.497 e. The second-order valence-electron chi connectivity index (χ2n) is 6.26. The van der Waals surface area contributed by atoms with Gasteiger partial charge >= 0.3 is 0 Å². The summed E-state index contributed by atoms with van der Waals surface area (Å²) in [6, 6.07) is 16.7. The zero-order chi connectivity index (χ0) is 20.6. The van der Waals surface area contributed by atoms with Gasteiger partial charge in [-0.05, 0) is 49.4 Å². The molecule has 29 heavy (non-hydrogen) atoms. The number of carbonyl (C=O) groups excluding carboxylic acids is 1. The average molecular weight is 456 g/mol. The summed E-state index contributed by atoms with van der Waals surface area (Å²) in [7, 11) is 1.63. The molecule has 7 nitrogen and oxygen atoms in total. The zero-order valence-electron chi connectivity index (χ0n) is 16.2. The Hall–Kier alpha value is -3.13. The molecule has 0 aliphatic carbocycles. The van der Waals surface area contributed by atoms with Crippen molar-refractivity contribution in [2.75, 3.05) is 30.8 Å². The first-order chi connectivity index (χ1) is 14.0. The topological polar surface area (TPSA) is 88.2 Å². The van der Waals surface area contributed by atoms with Gasteiger partial charge in [0.1, 0.15) is 11.6 Å². The van der Waals surface area contributed by atoms with Gasteiger partial charge in [-0.15, -0.1) is 0 Å². The fourth-order valence-electron chi connectivity index (χ4n) is 2.62. The maximum Gasteiger partial charge on any atom is 0.251 e. The molecule has 3 N–H and O–H groups in total. The summed E-state index contributed by atoms with van der Waals surface area (Å²) in [6.45, 7) is 2.86. The van der Waals surface area contributed by atoms with Crippen LogP contribution in [0.2, 0.25) is 0 Å². The first kappa shape index (κ1) is 20.6. The molecule has 1 aromatic heterocycles. The summed E-state index contributed by atoms with van der Waals surface area (Å²) in [6.07, 6.45) is 0. The first-order valence-corrected chi connectivity index (χ1v) is 9.87. The van der Waals surface area contributed by atoms with Crippen LogP contribution in [-0.4, -0.2) is 36.1 Å². The monoisotopic (exact) mass is 455 g/mol. The van der Waals surface area contributed by atoms with E-state index >= 15 is 0 Å². The summed E-state index contributed by atoms with van der Waals surface area (Å²) in [4.78, 5) is 21.0. The van der Waals surface area contributed by atoms with Crippen LogP contribution in [0.3, 0.4) is 0 Å². The summed E-state index contributed by atoms with van der Waals surface area (Å²) in [5, 5.41) is 9.26. The number of ether oxygens (including phenoxy) is 1. The van der Waals surface area contributed by atoms with Gasteiger partial charge in [0, 0.05) is 40.6 Å². The quantitative estimate of drug-likeness (QED) is 0.442. The van der Waals surface area contributed by atoms with Crippen LogP contribution in [0, 0.1) is 6.92 Å². The van der Waals surface area contributed by atoms with Crippen molar-refractivity contribution in [2.45, 2.75) is 6.92 Å². The van der Waals surface area contributed by atoms with Crippen molar-refractivity contribution in [3.8, 4) is 5.75 Å². The third kappa shape index (κ3) is 6.18. The number of methoxy groups -OCH3 is 1. The van der Waals surface area contributed by atoms with Crippen molar-refractivity contribution in [2.24, 2.45) is 0 Å². The Kier molecular flexibility index (Phi) is 7.02. The lowest BCUT2D eigenvalue weighted by Gasteiger charge is -2.11. The standard InChI is InChI=1S/C21H22BrN5O2/c1-14-12-19(26-17-6-8-18(29-2)9-7-17)27-21(25-14)24-11-10-23-20(28)15-4-3-5-16(22)13-15/h3-9,12-13H,10-11H2,1-2H3,(H,23,28)(H2,24,25,26,27). The van der Waals surface area contributed by atoms with Crippen LogP contribution in [0.5, 0.6) is 5.75 Å². The average Bonchev–Trinajstić information content (AvgIpc) is 2.71. The second-order valence-corrected chi connectivity index (χ2v) is 7.18. The Morgan fingerprint density at radius 1 is 1.07 bits per heavy atom. The molecule has 1 heterocycles. The number of halogens is 1. The molecule has 0 radical (unpaired) electrons. The fourth-order valence-corrected chi connectivity index (χ4v) is 3.02. The zero-order valence-corrected chi connectivity index (χ0v) is 17.8. The highest BCUT2D eigenvalue weighted by molar-refractivity contribution is 9.10. The SMILES string of the molecule is COc1ccc(Nc2cc(C)nc(NCCNC(=O)c3cccc(Br)c3)n2)cc1. The molecule has 0 bridgehead atoms. The summed E-state index contributed by atoms with van der Waals surface area (Å²) in [5.74, 6) is 1.85. The molecule has 0 saturated carbocycles. The van der Waals surface area contributed by atoms with Crippen molar-refractivity contribution in [1.82, 2.24) is 15.3 Å². The fraction of sp³-hybridized carbons (Fsp3) is 0.190. The van der Waals surface area contributed by atoms with Gasteiger partial charge in [0.05, 0.1) is 7.11 Å². The second kappa shape index (κ2) is 9.88. The Morgan fingerprint density at radius 2 is 1.86 bits per heavy atom. The van der Waals surface area contributed by atoms with Crippen molar-refractivity contribution >= 4 is 39.3 Å². The maximum atomic E-state index is 12.2. The number of anilines is 3. The number of hydrogen-bond donors (Lipinski definition) is 3. The lowest BCUT2D eigenvalue weighted by molar-refractivity contribution is 0.0955. The maximum absolute atomic E-state index is 12.2. The molecule has 2 aromatic carbocycles. The molecule has 0 spiro atoms. The molecule has 0 atom stereocenters. The predicted octanol–water partition coefficient (Wildman–Crippen LogP) is 4.14. The van der Waals surface area contributed by atoms with Crippen LogP contribution < -0.4 is 20.7 Å². The van der Waals surface area contributed by atoms with E-state index in [4.69, 9.17) is 4.74 Å². The van der Waals surface area contributed by atoms with Crippen molar-refractivity contribution < 1.29 is 9.53 Å². The molecule has 150 valence electrons. The van der Waals surface area contributed by atoms with Gasteiger partial charge in [-0.3, -0.25) is 4.79 Å². The number of rotatable bonds is 8. The van der Waals surface area contributed by atoms with Crippen molar-refractivity contribution in [1.29, 1.82) is 0 Å². The summed E-state index contributed by atoms with van der Waals surface area (Å²) >= 11 is 3.37. The number of amides is 1. The van der Waals surface area contributed by atoms with Crippen LogP contribution >= 0.6 is 15.9 Å². The smallest absolute Gasteiger partial charge is 0.251 e. The number of hydrogen-bond acceptors (Lipinski definition) is 6. The van der Waals surface area contributed by atoms with Crippen LogP contribution in [0.25, 0.3) is 0 Å². The number of benzene rings is 2. The lowest BCUT2D eigenvalue weighted by atomic mass is 10.2. The van der Waals surface area contributed by atoms with Gasteiger partial charge in [0.25, 0.3) is 5.91 Å². The summed E-state index contributed by atoms with van der Waals surface area (Å²) < 4.78 is 6.04. The van der Waals surface area contributed by atoms with E-state index in [1.807, 2.05) is 49.4 Å². The van der Waals surface area contributed by atoms with Gasteiger partial charge in [0.2, 0.25) is 5.95 Å². The van der Waals surface area contributed by atoms with Crippen LogP contribution in [0.4, 0.5) is 17.5 Å². The molecule has 3 aromatic rings. The van der Waals surface area contributed by atoms with E-state index < -0.39 is 0 Å². The van der Waals surface area contributed by atoms with Crippen LogP contribution in [0.15, 0.2) is 59.1 Å². The molecule has 0 aliphatic rings. The van der Waals surface area contributed by atoms with E-state index in [0.29, 0.717) is 30.4 Å². The Bertz CT molecular complexity index is 979. The van der Waals surface area contributed by atoms with Crippen LogP contribution in [0.1, 0.15) is 16.1 Å². The number of nitrogens with one attached hydrogen (secondary N) is 3. The minimum atomic E-state index is -0.125. The van der Waals surface area contributed by atoms with Gasteiger partial charge in [-0.2, -0.15) is 4.98 Å². The number of aromatic nitrogens is 2. The Balaban J connectivity index is 1.53. The van der Waals surface area contributed by atoms with Crippen molar-refractivity contribution in [3.05, 3.63) is 70.3 Å². The molecular formula is C21H22BrN5O2. The minimum absolute atomic E-state index is 0.125. The number of aryl methyl sites for hydroxylation is 1. The molecule has 0 aliphatic heterocycles. The van der Waals surface area contributed by atoms with E-state index in [-0.39, 0.29) is 5.91 Å². The third-order valence-electron chi connectivity index (χ3n) is 4.00. The molecule has 0 fully saturated rings. The lowest BCUT2D eigenvalue weighted by Crippen LogP contribution is -2.29. The molecule has 0 unspecified atom stereocenters. The molecule has 3 rings (SSSR count). The highest BCUT2D eigenvalue weighted by Gasteiger charge is 2.06. The van der Waals surface area contributed by atoms with E-state index in [9.17, 15) is 4.79 Å². The molecular weight excluding hydrogens is 434 g/mol. The normalized spacial score (nSPS) is 10.3. The van der Waals surface area contributed by atoms with E-state index in [1.54, 1.807) is 19.2 Å². The highest BCUT2D eigenvalue weighted by Crippen LogP contribution is 2.20. The Morgan fingerprint density at radius 3 is 2.59 bits per heavy atom. The minimum Gasteiger partial charge on any atom is -0.497 e. The molecule has 0 saturated heterocycles. The molecule has 1 amide bonds. The number of nitrogens with zero attached hydrogens (tertiary/aromatic N) is 2. The predicted molar refractivity (Wildman–Crippen MR) is 118 cm³/mol. The Labute approximate surface area is 178 Å².